The molecule has 0 unspecified atom stereocenters. The second kappa shape index (κ2) is 8.24. The van der Waals surface area contributed by atoms with Gasteiger partial charge in [-0.3, -0.25) is 14.3 Å². The van der Waals surface area contributed by atoms with E-state index in [1.165, 1.54) is 17.8 Å². The molecule has 1 aromatic heterocycles. The first-order valence-corrected chi connectivity index (χ1v) is 8.85. The normalized spacial score (nSPS) is 12.3. The Morgan fingerprint density at radius 1 is 1.29 bits per heavy atom. The van der Waals surface area contributed by atoms with Crippen molar-refractivity contribution in [1.29, 1.82) is 0 Å². The van der Waals surface area contributed by atoms with Crippen molar-refractivity contribution in [3.63, 3.8) is 0 Å². The zero-order chi connectivity index (χ0) is 21.1. The SMILES string of the molecule is C[C@@H](C(=O)NCc1cccc(-c2nn(C)cc2C(=O)O)c1)C(=O)OC(C)(C)C. The molecule has 0 saturated carbocycles. The highest BCUT2D eigenvalue weighted by Crippen LogP contribution is 2.23. The molecule has 0 bridgehead atoms. The van der Waals surface area contributed by atoms with Crippen LogP contribution in [0.4, 0.5) is 0 Å². The van der Waals surface area contributed by atoms with Gasteiger partial charge in [0, 0.05) is 25.4 Å². The summed E-state index contributed by atoms with van der Waals surface area (Å²) in [5.41, 5.74) is 1.17. The number of hydrogen-bond donors (Lipinski definition) is 2. The summed E-state index contributed by atoms with van der Waals surface area (Å²) in [6, 6.07) is 7.07. The maximum absolute atomic E-state index is 12.2. The van der Waals surface area contributed by atoms with Crippen LogP contribution in [0.25, 0.3) is 11.3 Å². The molecule has 1 aromatic carbocycles. The summed E-state index contributed by atoms with van der Waals surface area (Å²) in [7, 11) is 1.65. The predicted octanol–water partition coefficient (Wildman–Crippen LogP) is 2.38. The maximum Gasteiger partial charge on any atom is 0.339 e. The summed E-state index contributed by atoms with van der Waals surface area (Å²) < 4.78 is 6.66. The number of carbonyl (C=O) groups is 3. The van der Waals surface area contributed by atoms with Crippen molar-refractivity contribution < 1.29 is 24.2 Å². The van der Waals surface area contributed by atoms with Gasteiger partial charge in [-0.2, -0.15) is 5.10 Å². The van der Waals surface area contributed by atoms with Gasteiger partial charge in [-0.05, 0) is 39.3 Å². The summed E-state index contributed by atoms with van der Waals surface area (Å²) in [6.45, 7) is 6.90. The van der Waals surface area contributed by atoms with Gasteiger partial charge >= 0.3 is 11.9 Å². The fourth-order valence-electron chi connectivity index (χ4n) is 2.53. The zero-order valence-corrected chi connectivity index (χ0v) is 16.6. The number of rotatable bonds is 6. The van der Waals surface area contributed by atoms with Crippen molar-refractivity contribution in [2.24, 2.45) is 13.0 Å². The van der Waals surface area contributed by atoms with Crippen LogP contribution in [0.5, 0.6) is 0 Å². The van der Waals surface area contributed by atoms with Crippen LogP contribution in [0.2, 0.25) is 0 Å². The van der Waals surface area contributed by atoms with Crippen LogP contribution in [-0.4, -0.2) is 38.3 Å². The van der Waals surface area contributed by atoms with E-state index in [1.54, 1.807) is 52.1 Å². The molecule has 150 valence electrons. The molecule has 2 rings (SSSR count). The number of aromatic carboxylic acids is 1. The number of carboxylic acid groups (broad SMARTS) is 1. The molecular weight excluding hydrogens is 362 g/mol. The third kappa shape index (κ3) is 5.42. The summed E-state index contributed by atoms with van der Waals surface area (Å²) >= 11 is 0. The van der Waals surface area contributed by atoms with Crippen LogP contribution in [0, 0.1) is 5.92 Å². The molecule has 8 nitrogen and oxygen atoms in total. The molecule has 2 aromatic rings. The fourth-order valence-corrected chi connectivity index (χ4v) is 2.53. The third-order valence-electron chi connectivity index (χ3n) is 3.88. The standard InChI is InChI=1S/C20H25N3O5/c1-12(19(27)28-20(2,3)4)17(24)21-10-13-7-6-8-14(9-13)16-15(18(25)26)11-23(5)22-16/h6-9,11-12H,10H2,1-5H3,(H,21,24)(H,25,26)/t12-/m0/s1. The molecule has 0 aliphatic carbocycles. The Morgan fingerprint density at radius 2 is 1.96 bits per heavy atom. The molecule has 2 N–H and O–H groups in total. The number of aryl methyl sites for hydroxylation is 1. The third-order valence-corrected chi connectivity index (χ3v) is 3.88. The van der Waals surface area contributed by atoms with Gasteiger partial charge in [-0.15, -0.1) is 0 Å². The first-order valence-electron chi connectivity index (χ1n) is 8.85. The van der Waals surface area contributed by atoms with Crippen LogP contribution in [0.1, 0.15) is 43.6 Å². The lowest BCUT2D eigenvalue weighted by atomic mass is 10.0. The topological polar surface area (TPSA) is 111 Å². The van der Waals surface area contributed by atoms with Gasteiger partial charge in [-0.25, -0.2) is 4.79 Å². The highest BCUT2D eigenvalue weighted by Gasteiger charge is 2.27. The van der Waals surface area contributed by atoms with Crippen molar-refractivity contribution in [2.75, 3.05) is 0 Å². The van der Waals surface area contributed by atoms with E-state index in [-0.39, 0.29) is 12.1 Å². The van der Waals surface area contributed by atoms with Gasteiger partial charge in [0.2, 0.25) is 5.91 Å². The van der Waals surface area contributed by atoms with E-state index in [0.29, 0.717) is 11.3 Å². The average molecular weight is 387 g/mol. The largest absolute Gasteiger partial charge is 0.478 e. The molecule has 1 heterocycles. The van der Waals surface area contributed by atoms with Gasteiger partial charge < -0.3 is 15.2 Å². The highest BCUT2D eigenvalue weighted by atomic mass is 16.6. The van der Waals surface area contributed by atoms with Gasteiger partial charge in [0.25, 0.3) is 0 Å². The molecule has 0 aliphatic rings. The number of nitrogens with zero attached hydrogens (tertiary/aromatic N) is 2. The van der Waals surface area contributed by atoms with Crippen LogP contribution in [0.3, 0.4) is 0 Å². The van der Waals surface area contributed by atoms with Crippen molar-refractivity contribution in [3.8, 4) is 11.3 Å². The number of aromatic nitrogens is 2. The minimum atomic E-state index is -1.06. The van der Waals surface area contributed by atoms with E-state index in [2.05, 4.69) is 10.4 Å². The molecular formula is C20H25N3O5. The second-order valence-electron chi connectivity index (χ2n) is 7.54. The lowest BCUT2D eigenvalue weighted by Gasteiger charge is -2.22. The van der Waals surface area contributed by atoms with Crippen molar-refractivity contribution in [2.45, 2.75) is 39.8 Å². The smallest absolute Gasteiger partial charge is 0.339 e. The summed E-state index contributed by atoms with van der Waals surface area (Å²) in [4.78, 5) is 35.6. The number of ether oxygens (including phenoxy) is 1. The lowest BCUT2D eigenvalue weighted by molar-refractivity contribution is -0.161. The molecule has 8 heteroatoms. The van der Waals surface area contributed by atoms with Gasteiger partial charge in [0.15, 0.2) is 0 Å². The molecule has 0 aliphatic heterocycles. The first kappa shape index (κ1) is 21.1. The predicted molar refractivity (Wildman–Crippen MR) is 102 cm³/mol. The van der Waals surface area contributed by atoms with Gasteiger partial charge in [0.05, 0.1) is 0 Å². The summed E-state index contributed by atoms with van der Waals surface area (Å²) in [5, 5.41) is 16.2. The number of hydrogen-bond acceptors (Lipinski definition) is 5. The van der Waals surface area contributed by atoms with E-state index in [0.717, 1.165) is 5.56 Å². The molecule has 0 saturated heterocycles. The zero-order valence-electron chi connectivity index (χ0n) is 16.6. The van der Waals surface area contributed by atoms with E-state index in [4.69, 9.17) is 4.74 Å². The van der Waals surface area contributed by atoms with Crippen LogP contribution >= 0.6 is 0 Å². The quantitative estimate of drug-likeness (QED) is 0.582. The Morgan fingerprint density at radius 3 is 2.57 bits per heavy atom. The second-order valence-corrected chi connectivity index (χ2v) is 7.54. The number of amides is 1. The number of carboxylic acids is 1. The fraction of sp³-hybridized carbons (Fsp3) is 0.400. The molecule has 1 atom stereocenters. The van der Waals surface area contributed by atoms with Crippen molar-refractivity contribution in [1.82, 2.24) is 15.1 Å². The molecule has 0 radical (unpaired) electrons. The molecule has 1 amide bonds. The van der Waals surface area contributed by atoms with Gasteiger partial charge in [-0.1, -0.05) is 18.2 Å². The number of esters is 1. The number of nitrogens with one attached hydrogen (secondary N) is 1. The van der Waals surface area contributed by atoms with Gasteiger partial charge in [0.1, 0.15) is 22.8 Å². The Balaban J connectivity index is 2.09. The highest BCUT2D eigenvalue weighted by molar-refractivity contribution is 5.97. The van der Waals surface area contributed by atoms with Crippen molar-refractivity contribution >= 4 is 17.8 Å². The average Bonchev–Trinajstić information content (AvgIpc) is 3.00. The van der Waals surface area contributed by atoms with Crippen LogP contribution in [-0.2, 0) is 27.9 Å². The Bertz CT molecular complexity index is 895. The maximum atomic E-state index is 12.2. The van der Waals surface area contributed by atoms with Crippen molar-refractivity contribution in [3.05, 3.63) is 41.6 Å². The first-order chi connectivity index (χ1) is 13.0. The summed E-state index contributed by atoms with van der Waals surface area (Å²) in [5.74, 6) is -3.02. The number of carbonyl (C=O) groups excluding carboxylic acids is 2. The van der Waals surface area contributed by atoms with E-state index < -0.39 is 29.4 Å². The number of benzene rings is 1. The minimum absolute atomic E-state index is 0.0993. The Hall–Kier alpha value is -3.16. The molecule has 0 fully saturated rings. The van der Waals surface area contributed by atoms with E-state index in [9.17, 15) is 19.5 Å². The van der Waals surface area contributed by atoms with Crippen LogP contribution in [0.15, 0.2) is 30.5 Å². The lowest BCUT2D eigenvalue weighted by Crippen LogP contribution is -2.37. The van der Waals surface area contributed by atoms with E-state index >= 15 is 0 Å². The Kier molecular flexibility index (Phi) is 6.23. The molecule has 28 heavy (non-hydrogen) atoms. The van der Waals surface area contributed by atoms with Crippen LogP contribution < -0.4 is 5.32 Å². The molecule has 0 spiro atoms. The Labute approximate surface area is 163 Å². The summed E-state index contributed by atoms with van der Waals surface area (Å²) in [6.07, 6.45) is 1.44. The minimum Gasteiger partial charge on any atom is -0.478 e. The van der Waals surface area contributed by atoms with E-state index in [1.807, 2.05) is 0 Å². The monoisotopic (exact) mass is 387 g/mol.